The quantitative estimate of drug-likeness (QED) is 0.669. The third-order valence-corrected chi connectivity index (χ3v) is 3.65. The lowest BCUT2D eigenvalue weighted by Gasteiger charge is -2.33. The first-order chi connectivity index (χ1) is 7.76. The van der Waals surface area contributed by atoms with Crippen molar-refractivity contribution in [3.05, 3.63) is 0 Å². The number of ether oxygens (including phenoxy) is 1. The number of hydrogen-bond donors (Lipinski definition) is 2. The summed E-state index contributed by atoms with van der Waals surface area (Å²) in [6.07, 6.45) is 8.27. The van der Waals surface area contributed by atoms with Gasteiger partial charge in [0.1, 0.15) is 0 Å². The van der Waals surface area contributed by atoms with Gasteiger partial charge in [0.25, 0.3) is 0 Å². The van der Waals surface area contributed by atoms with Crippen molar-refractivity contribution >= 4 is 0 Å². The number of methoxy groups -OCH3 is 1. The molecular weight excluding hydrogens is 202 g/mol. The first-order valence-electron chi connectivity index (χ1n) is 6.64. The highest BCUT2D eigenvalue weighted by Gasteiger charge is 2.34. The van der Waals surface area contributed by atoms with E-state index in [1.54, 1.807) is 7.11 Å². The lowest BCUT2D eigenvalue weighted by molar-refractivity contribution is 0.106. The number of nitrogens with one attached hydrogen (secondary N) is 1. The van der Waals surface area contributed by atoms with Gasteiger partial charge < -0.3 is 15.2 Å². The molecule has 1 fully saturated rings. The molecule has 0 aromatic carbocycles. The van der Waals surface area contributed by atoms with Crippen LogP contribution in [0.2, 0.25) is 0 Å². The molecule has 0 spiro atoms. The molecule has 1 saturated carbocycles. The molecule has 3 nitrogen and oxygen atoms in total. The molecule has 1 unspecified atom stereocenters. The van der Waals surface area contributed by atoms with Crippen molar-refractivity contribution in [1.82, 2.24) is 5.32 Å². The number of rotatable bonds is 8. The van der Waals surface area contributed by atoms with Gasteiger partial charge >= 0.3 is 0 Å². The molecule has 0 aliphatic heterocycles. The van der Waals surface area contributed by atoms with Crippen LogP contribution in [0.1, 0.15) is 51.9 Å². The van der Waals surface area contributed by atoms with E-state index in [-0.39, 0.29) is 12.1 Å². The van der Waals surface area contributed by atoms with E-state index < -0.39 is 0 Å². The second-order valence-corrected chi connectivity index (χ2v) is 5.08. The Labute approximate surface area is 99.6 Å². The molecule has 0 amide bonds. The van der Waals surface area contributed by atoms with Gasteiger partial charge in [0.15, 0.2) is 0 Å². The molecule has 1 rings (SSSR count). The van der Waals surface area contributed by atoms with Gasteiger partial charge in [-0.25, -0.2) is 0 Å². The summed E-state index contributed by atoms with van der Waals surface area (Å²) >= 11 is 0. The summed E-state index contributed by atoms with van der Waals surface area (Å²) in [6, 6.07) is 0.398. The Morgan fingerprint density at radius 2 is 2.06 bits per heavy atom. The Kier molecular flexibility index (Phi) is 6.32. The van der Waals surface area contributed by atoms with Crippen LogP contribution >= 0.6 is 0 Å². The van der Waals surface area contributed by atoms with Crippen molar-refractivity contribution in [2.24, 2.45) is 0 Å². The highest BCUT2D eigenvalue weighted by molar-refractivity contribution is 4.94. The molecule has 0 aromatic rings. The minimum Gasteiger partial charge on any atom is -0.394 e. The molecule has 0 heterocycles. The van der Waals surface area contributed by atoms with Crippen LogP contribution in [0.4, 0.5) is 0 Å². The minimum absolute atomic E-state index is 0.0169. The Bertz CT molecular complexity index is 179. The third-order valence-electron chi connectivity index (χ3n) is 3.65. The lowest BCUT2D eigenvalue weighted by atomic mass is 9.96. The Hall–Kier alpha value is -0.120. The van der Waals surface area contributed by atoms with Crippen LogP contribution in [0.3, 0.4) is 0 Å². The van der Waals surface area contributed by atoms with Gasteiger partial charge in [0, 0.05) is 18.7 Å². The van der Waals surface area contributed by atoms with E-state index in [0.717, 1.165) is 25.9 Å². The van der Waals surface area contributed by atoms with E-state index in [2.05, 4.69) is 12.2 Å². The summed E-state index contributed by atoms with van der Waals surface area (Å²) in [7, 11) is 1.75. The topological polar surface area (TPSA) is 41.5 Å². The van der Waals surface area contributed by atoms with Gasteiger partial charge in [-0.05, 0) is 19.3 Å². The molecule has 0 radical (unpaired) electrons. The molecule has 1 atom stereocenters. The van der Waals surface area contributed by atoms with Crippen molar-refractivity contribution in [1.29, 1.82) is 0 Å². The first kappa shape index (κ1) is 13.9. The van der Waals surface area contributed by atoms with Gasteiger partial charge in [-0.2, -0.15) is 0 Å². The zero-order valence-electron chi connectivity index (χ0n) is 10.8. The molecule has 0 aromatic heterocycles. The molecule has 3 heteroatoms. The third kappa shape index (κ3) is 4.04. The van der Waals surface area contributed by atoms with Crippen LogP contribution in [0.5, 0.6) is 0 Å². The van der Waals surface area contributed by atoms with Gasteiger partial charge in [0.2, 0.25) is 0 Å². The molecule has 16 heavy (non-hydrogen) atoms. The fourth-order valence-electron chi connectivity index (χ4n) is 2.68. The standard InChI is InChI=1S/C13H27NO2/c1-3-4-7-12(10-16-2)14-13(11-15)8-5-6-9-13/h12,14-15H,3-11H2,1-2H3. The summed E-state index contributed by atoms with van der Waals surface area (Å²) < 4.78 is 5.26. The summed E-state index contributed by atoms with van der Waals surface area (Å²) in [5.74, 6) is 0. The fraction of sp³-hybridized carbons (Fsp3) is 1.00. The van der Waals surface area contributed by atoms with Crippen LogP contribution in [-0.2, 0) is 4.74 Å². The lowest BCUT2D eigenvalue weighted by Crippen LogP contribution is -2.52. The predicted molar refractivity (Wildman–Crippen MR) is 66.6 cm³/mol. The van der Waals surface area contributed by atoms with E-state index in [4.69, 9.17) is 4.74 Å². The average molecular weight is 229 g/mol. The molecule has 0 bridgehead atoms. The second-order valence-electron chi connectivity index (χ2n) is 5.08. The van der Waals surface area contributed by atoms with E-state index in [0.29, 0.717) is 6.04 Å². The highest BCUT2D eigenvalue weighted by Crippen LogP contribution is 2.30. The van der Waals surface area contributed by atoms with Crippen LogP contribution < -0.4 is 5.32 Å². The van der Waals surface area contributed by atoms with Gasteiger partial charge in [-0.3, -0.25) is 0 Å². The highest BCUT2D eigenvalue weighted by atomic mass is 16.5. The first-order valence-corrected chi connectivity index (χ1v) is 6.64. The SMILES string of the molecule is CCCCC(COC)NC1(CO)CCCC1. The summed E-state index contributed by atoms with van der Waals surface area (Å²) in [4.78, 5) is 0. The van der Waals surface area contributed by atoms with Crippen molar-refractivity contribution in [3.8, 4) is 0 Å². The minimum atomic E-state index is -0.0169. The van der Waals surface area contributed by atoms with Gasteiger partial charge in [0.05, 0.1) is 13.2 Å². The number of aliphatic hydroxyl groups excluding tert-OH is 1. The summed E-state index contributed by atoms with van der Waals surface area (Å²) in [6.45, 7) is 3.22. The predicted octanol–water partition coefficient (Wildman–Crippen LogP) is 2.09. The van der Waals surface area contributed by atoms with E-state index in [9.17, 15) is 5.11 Å². The Morgan fingerprint density at radius 1 is 1.38 bits per heavy atom. The van der Waals surface area contributed by atoms with Crippen LogP contribution in [0.25, 0.3) is 0 Å². The number of unbranched alkanes of at least 4 members (excludes halogenated alkanes) is 1. The summed E-state index contributed by atoms with van der Waals surface area (Å²) in [5, 5.41) is 13.2. The van der Waals surface area contributed by atoms with Crippen LogP contribution in [0.15, 0.2) is 0 Å². The largest absolute Gasteiger partial charge is 0.394 e. The van der Waals surface area contributed by atoms with Crippen molar-refractivity contribution in [2.45, 2.75) is 63.5 Å². The Morgan fingerprint density at radius 3 is 2.56 bits per heavy atom. The number of hydrogen-bond acceptors (Lipinski definition) is 3. The molecule has 2 N–H and O–H groups in total. The molecule has 96 valence electrons. The van der Waals surface area contributed by atoms with Crippen molar-refractivity contribution < 1.29 is 9.84 Å². The number of aliphatic hydroxyl groups is 1. The Balaban J connectivity index is 2.44. The van der Waals surface area contributed by atoms with Crippen LogP contribution in [0, 0.1) is 0 Å². The maximum Gasteiger partial charge on any atom is 0.0616 e. The van der Waals surface area contributed by atoms with E-state index in [1.165, 1.54) is 25.7 Å². The van der Waals surface area contributed by atoms with Crippen molar-refractivity contribution in [2.75, 3.05) is 20.3 Å². The van der Waals surface area contributed by atoms with E-state index >= 15 is 0 Å². The smallest absolute Gasteiger partial charge is 0.0616 e. The second kappa shape index (κ2) is 7.25. The molecule has 0 saturated heterocycles. The molecular formula is C13H27NO2. The molecule has 1 aliphatic carbocycles. The van der Waals surface area contributed by atoms with Gasteiger partial charge in [-0.1, -0.05) is 32.6 Å². The maximum atomic E-state index is 9.56. The average Bonchev–Trinajstić information content (AvgIpc) is 2.75. The maximum absolute atomic E-state index is 9.56. The zero-order valence-corrected chi connectivity index (χ0v) is 10.8. The normalized spacial score (nSPS) is 21.2. The zero-order chi connectivity index (χ0) is 11.9. The fourth-order valence-corrected chi connectivity index (χ4v) is 2.68. The van der Waals surface area contributed by atoms with E-state index in [1.807, 2.05) is 0 Å². The van der Waals surface area contributed by atoms with Crippen molar-refractivity contribution in [3.63, 3.8) is 0 Å². The molecule has 1 aliphatic rings. The van der Waals surface area contributed by atoms with Crippen LogP contribution in [-0.4, -0.2) is 37.0 Å². The van der Waals surface area contributed by atoms with Gasteiger partial charge in [-0.15, -0.1) is 0 Å². The summed E-state index contributed by atoms with van der Waals surface area (Å²) in [5.41, 5.74) is -0.0169. The monoisotopic (exact) mass is 229 g/mol.